The van der Waals surface area contributed by atoms with E-state index in [1.54, 1.807) is 17.9 Å². The summed E-state index contributed by atoms with van der Waals surface area (Å²) in [6.07, 6.45) is 3.67. The van der Waals surface area contributed by atoms with Crippen molar-refractivity contribution in [2.45, 2.75) is 46.6 Å². The van der Waals surface area contributed by atoms with Gasteiger partial charge in [-0.2, -0.15) is 0 Å². The number of methoxy groups -OCH3 is 1. The Morgan fingerprint density at radius 3 is 2.64 bits per heavy atom. The van der Waals surface area contributed by atoms with Gasteiger partial charge in [-0.15, -0.1) is 0 Å². The van der Waals surface area contributed by atoms with Gasteiger partial charge in [0.1, 0.15) is 0 Å². The highest BCUT2D eigenvalue weighted by molar-refractivity contribution is 6.31. The number of ether oxygens (including phenoxy) is 2. The van der Waals surface area contributed by atoms with Gasteiger partial charge in [0.2, 0.25) is 0 Å². The number of carbonyl (C=O) groups is 2. The molecule has 1 amide bonds. The Labute approximate surface area is 199 Å². The van der Waals surface area contributed by atoms with Gasteiger partial charge in [0.05, 0.1) is 30.9 Å². The first-order valence-corrected chi connectivity index (χ1v) is 11.5. The van der Waals surface area contributed by atoms with Gasteiger partial charge in [-0.1, -0.05) is 17.7 Å². The van der Waals surface area contributed by atoms with E-state index in [9.17, 15) is 9.59 Å². The molecule has 1 saturated heterocycles. The van der Waals surface area contributed by atoms with E-state index in [1.165, 1.54) is 7.11 Å². The first-order valence-electron chi connectivity index (χ1n) is 11.1. The molecule has 4 rings (SSSR count). The van der Waals surface area contributed by atoms with E-state index in [4.69, 9.17) is 21.1 Å². The fourth-order valence-corrected chi connectivity index (χ4v) is 4.82. The minimum absolute atomic E-state index is 0.0153. The zero-order chi connectivity index (χ0) is 23.9. The van der Waals surface area contributed by atoms with Gasteiger partial charge in [-0.05, 0) is 75.9 Å². The lowest BCUT2D eigenvalue weighted by atomic mass is 10.0. The summed E-state index contributed by atoms with van der Waals surface area (Å²) in [6.45, 7) is 8.89. The van der Waals surface area contributed by atoms with Gasteiger partial charge in [-0.3, -0.25) is 4.79 Å². The Balaban J connectivity index is 1.76. The number of hydrogen-bond donors (Lipinski definition) is 0. The molecule has 0 N–H and O–H groups in total. The second kappa shape index (κ2) is 9.20. The summed E-state index contributed by atoms with van der Waals surface area (Å²) < 4.78 is 12.8. The van der Waals surface area contributed by atoms with Crippen LogP contribution < -0.4 is 0 Å². The van der Waals surface area contributed by atoms with Gasteiger partial charge in [0.25, 0.3) is 5.91 Å². The second-order valence-electron chi connectivity index (χ2n) is 8.66. The summed E-state index contributed by atoms with van der Waals surface area (Å²) >= 11 is 6.36. The van der Waals surface area contributed by atoms with E-state index < -0.39 is 5.97 Å². The number of aromatic nitrogens is 1. The Morgan fingerprint density at radius 2 is 2.00 bits per heavy atom. The molecular weight excluding hydrogens is 440 g/mol. The minimum atomic E-state index is -0.513. The predicted octanol–water partition coefficient (Wildman–Crippen LogP) is 4.91. The predicted molar refractivity (Wildman–Crippen MR) is 128 cm³/mol. The molecule has 7 heteroatoms. The lowest BCUT2D eigenvalue weighted by molar-refractivity contribution is -0.136. The van der Waals surface area contributed by atoms with Crippen LogP contribution in [0.25, 0.3) is 11.8 Å². The van der Waals surface area contributed by atoms with Crippen LogP contribution in [0.3, 0.4) is 0 Å². The first kappa shape index (κ1) is 23.3. The molecule has 1 atom stereocenters. The van der Waals surface area contributed by atoms with Crippen molar-refractivity contribution >= 4 is 29.6 Å². The number of esters is 1. The van der Waals surface area contributed by atoms with E-state index in [1.807, 2.05) is 45.0 Å². The number of allylic oxidation sites excluding steroid dienone is 1. The molecule has 33 heavy (non-hydrogen) atoms. The van der Waals surface area contributed by atoms with E-state index in [-0.39, 0.29) is 12.0 Å². The molecule has 2 aliphatic rings. The van der Waals surface area contributed by atoms with Crippen LogP contribution in [0.4, 0.5) is 0 Å². The van der Waals surface area contributed by atoms with Crippen LogP contribution >= 0.6 is 11.6 Å². The maximum atomic E-state index is 13.4. The van der Waals surface area contributed by atoms with Crippen molar-refractivity contribution in [2.75, 3.05) is 20.3 Å². The minimum Gasteiger partial charge on any atom is -0.465 e. The van der Waals surface area contributed by atoms with Gasteiger partial charge in [0.15, 0.2) is 0 Å². The molecule has 3 heterocycles. The molecule has 0 unspecified atom stereocenters. The second-order valence-corrected chi connectivity index (χ2v) is 9.06. The summed E-state index contributed by atoms with van der Waals surface area (Å²) in [5.74, 6) is -0.715. The van der Waals surface area contributed by atoms with Crippen molar-refractivity contribution in [1.29, 1.82) is 0 Å². The normalized spacial score (nSPS) is 19.8. The molecular formula is C26H29ClN2O4. The van der Waals surface area contributed by atoms with Crippen LogP contribution in [-0.2, 0) is 19.1 Å². The maximum Gasteiger partial charge on any atom is 0.340 e. The Morgan fingerprint density at radius 1 is 1.24 bits per heavy atom. The quantitative estimate of drug-likeness (QED) is 0.462. The van der Waals surface area contributed by atoms with Crippen molar-refractivity contribution in [3.63, 3.8) is 0 Å². The van der Waals surface area contributed by atoms with Crippen molar-refractivity contribution in [3.8, 4) is 5.69 Å². The van der Waals surface area contributed by atoms with E-state index in [0.717, 1.165) is 41.0 Å². The molecule has 2 aliphatic heterocycles. The molecule has 0 aliphatic carbocycles. The highest BCUT2D eigenvalue weighted by atomic mass is 35.5. The molecule has 1 aromatic heterocycles. The third-order valence-corrected chi connectivity index (χ3v) is 6.90. The molecule has 6 nitrogen and oxygen atoms in total. The van der Waals surface area contributed by atoms with E-state index in [0.29, 0.717) is 35.0 Å². The third-order valence-electron chi connectivity index (χ3n) is 6.50. The summed E-state index contributed by atoms with van der Waals surface area (Å²) in [4.78, 5) is 27.7. The monoisotopic (exact) mass is 468 g/mol. The van der Waals surface area contributed by atoms with Crippen molar-refractivity contribution in [1.82, 2.24) is 9.47 Å². The lowest BCUT2D eigenvalue weighted by Gasteiger charge is -2.21. The molecule has 0 spiro atoms. The van der Waals surface area contributed by atoms with Crippen LogP contribution in [0.2, 0.25) is 5.02 Å². The molecule has 1 fully saturated rings. The number of aryl methyl sites for hydroxylation is 2. The first-order chi connectivity index (χ1) is 15.7. The average Bonchev–Trinajstić information content (AvgIpc) is 3.45. The van der Waals surface area contributed by atoms with E-state index in [2.05, 4.69) is 4.57 Å². The van der Waals surface area contributed by atoms with Crippen molar-refractivity contribution in [3.05, 3.63) is 68.6 Å². The molecule has 0 radical (unpaired) electrons. The Kier molecular flexibility index (Phi) is 6.50. The summed E-state index contributed by atoms with van der Waals surface area (Å²) in [7, 11) is 1.33. The lowest BCUT2D eigenvalue weighted by Crippen LogP contribution is -2.33. The Bertz CT molecular complexity index is 1190. The molecule has 1 aromatic carbocycles. The van der Waals surface area contributed by atoms with Gasteiger partial charge >= 0.3 is 5.97 Å². The number of carbonyl (C=O) groups excluding carboxylic acids is 2. The largest absolute Gasteiger partial charge is 0.465 e. The van der Waals surface area contributed by atoms with Crippen molar-refractivity contribution in [2.24, 2.45) is 0 Å². The smallest absolute Gasteiger partial charge is 0.340 e. The zero-order valence-electron chi connectivity index (χ0n) is 19.7. The maximum absolute atomic E-state index is 13.4. The fraction of sp³-hybridized carbons (Fsp3) is 0.385. The summed E-state index contributed by atoms with van der Waals surface area (Å²) in [5, 5.41) is 0.696. The average molecular weight is 469 g/mol. The number of amides is 1. The number of rotatable bonds is 5. The molecule has 0 bridgehead atoms. The molecule has 2 aromatic rings. The number of nitrogens with zero attached hydrogens (tertiary/aromatic N) is 2. The van der Waals surface area contributed by atoms with Crippen LogP contribution in [0.1, 0.15) is 42.3 Å². The van der Waals surface area contributed by atoms with Crippen LogP contribution in [0.15, 0.2) is 41.1 Å². The Hall–Kier alpha value is -2.83. The zero-order valence-corrected chi connectivity index (χ0v) is 20.5. The highest BCUT2D eigenvalue weighted by Crippen LogP contribution is 2.34. The summed E-state index contributed by atoms with van der Waals surface area (Å²) in [6, 6.07) is 7.95. The fourth-order valence-electron chi connectivity index (χ4n) is 4.65. The van der Waals surface area contributed by atoms with Crippen LogP contribution in [0.5, 0.6) is 0 Å². The SMILES string of the molecule is COC(=O)C1=C(C)N(C[C@H]2CCCO2)C(=O)/C1=C\c1cc(C)n(-c2ccc(C)c(Cl)c2)c1C. The van der Waals surface area contributed by atoms with E-state index >= 15 is 0 Å². The molecule has 174 valence electrons. The number of halogens is 1. The van der Waals surface area contributed by atoms with Gasteiger partial charge in [-0.25, -0.2) is 4.79 Å². The van der Waals surface area contributed by atoms with Crippen LogP contribution in [-0.4, -0.2) is 47.7 Å². The summed E-state index contributed by atoms with van der Waals surface area (Å²) in [5.41, 5.74) is 6.03. The topological polar surface area (TPSA) is 60.8 Å². The third kappa shape index (κ3) is 4.25. The van der Waals surface area contributed by atoms with Crippen LogP contribution in [0, 0.1) is 20.8 Å². The molecule has 0 saturated carbocycles. The van der Waals surface area contributed by atoms with Crippen molar-refractivity contribution < 1.29 is 19.1 Å². The number of benzene rings is 1. The highest BCUT2D eigenvalue weighted by Gasteiger charge is 2.38. The van der Waals surface area contributed by atoms with Gasteiger partial charge in [0, 0.05) is 34.4 Å². The number of hydrogen-bond acceptors (Lipinski definition) is 4. The standard InChI is InChI=1S/C26H29ClN2O4/c1-15-8-9-20(13-23(15)27)29-16(2)11-19(17(29)3)12-22-24(26(31)32-5)18(4)28(25(22)30)14-21-7-6-10-33-21/h8-9,11-13,21H,6-7,10,14H2,1-5H3/b22-12-/t21-/m1/s1. The van der Waals surface area contributed by atoms with Gasteiger partial charge < -0.3 is 18.9 Å².